The molecule has 0 aliphatic carbocycles. The number of nitro groups is 1. The fourth-order valence-corrected chi connectivity index (χ4v) is 3.22. The monoisotopic (exact) mass is 397 g/mol. The summed E-state index contributed by atoms with van der Waals surface area (Å²) >= 11 is 0. The zero-order chi connectivity index (χ0) is 20.6. The van der Waals surface area contributed by atoms with E-state index in [1.54, 1.807) is 4.90 Å². The standard InChI is InChI=1S/C21H23N3O5/c25-20(22-14-21(26)23-10-4-5-11-23)15-29-19-9-8-18(24(27)28)13-17(19)12-16-6-2-1-3-7-16/h1-3,6-9,13H,4-5,10-12,14-15H2,(H,22,25). The minimum absolute atomic E-state index is 0.0380. The first kappa shape index (κ1) is 20.3. The number of hydrogen-bond donors (Lipinski definition) is 1. The van der Waals surface area contributed by atoms with Gasteiger partial charge >= 0.3 is 0 Å². The lowest BCUT2D eigenvalue weighted by molar-refractivity contribution is -0.384. The summed E-state index contributed by atoms with van der Waals surface area (Å²) in [6.45, 7) is 1.14. The fourth-order valence-electron chi connectivity index (χ4n) is 3.22. The molecular formula is C21H23N3O5. The lowest BCUT2D eigenvalue weighted by atomic mass is 10.0. The number of carbonyl (C=O) groups excluding carboxylic acids is 2. The Bertz CT molecular complexity index is 879. The molecule has 2 amide bonds. The van der Waals surface area contributed by atoms with Crippen LogP contribution in [0.1, 0.15) is 24.0 Å². The molecule has 0 spiro atoms. The van der Waals surface area contributed by atoms with Crippen molar-refractivity contribution in [1.82, 2.24) is 10.2 Å². The van der Waals surface area contributed by atoms with Gasteiger partial charge in [-0.05, 0) is 24.5 Å². The van der Waals surface area contributed by atoms with Gasteiger partial charge in [-0.2, -0.15) is 0 Å². The van der Waals surface area contributed by atoms with Crippen molar-refractivity contribution >= 4 is 17.5 Å². The van der Waals surface area contributed by atoms with Crippen molar-refractivity contribution in [3.63, 3.8) is 0 Å². The average Bonchev–Trinajstić information content (AvgIpc) is 3.26. The van der Waals surface area contributed by atoms with Crippen LogP contribution in [0.4, 0.5) is 5.69 Å². The summed E-state index contributed by atoms with van der Waals surface area (Å²) in [5, 5.41) is 13.7. The molecular weight excluding hydrogens is 374 g/mol. The lowest BCUT2D eigenvalue weighted by Gasteiger charge is -2.16. The zero-order valence-corrected chi connectivity index (χ0v) is 16.0. The van der Waals surface area contributed by atoms with E-state index in [4.69, 9.17) is 4.74 Å². The van der Waals surface area contributed by atoms with Gasteiger partial charge in [0, 0.05) is 37.2 Å². The highest BCUT2D eigenvalue weighted by Crippen LogP contribution is 2.26. The number of non-ortho nitro benzene ring substituents is 1. The quantitative estimate of drug-likeness (QED) is 0.544. The second kappa shape index (κ2) is 9.68. The fraction of sp³-hybridized carbons (Fsp3) is 0.333. The van der Waals surface area contributed by atoms with Gasteiger partial charge in [0.1, 0.15) is 5.75 Å². The Balaban J connectivity index is 1.60. The number of amides is 2. The molecule has 0 atom stereocenters. The van der Waals surface area contributed by atoms with Gasteiger partial charge in [0.05, 0.1) is 11.5 Å². The molecule has 8 heteroatoms. The van der Waals surface area contributed by atoms with Gasteiger partial charge in [0.25, 0.3) is 11.6 Å². The molecule has 2 aromatic rings. The van der Waals surface area contributed by atoms with Crippen molar-refractivity contribution in [2.75, 3.05) is 26.2 Å². The molecule has 0 bridgehead atoms. The Morgan fingerprint density at radius 3 is 2.52 bits per heavy atom. The van der Waals surface area contributed by atoms with Crippen LogP contribution in [0, 0.1) is 10.1 Å². The Morgan fingerprint density at radius 1 is 1.10 bits per heavy atom. The Kier molecular flexibility index (Phi) is 6.78. The molecule has 2 aromatic carbocycles. The number of nitro benzene ring substituents is 1. The van der Waals surface area contributed by atoms with Crippen molar-refractivity contribution in [2.24, 2.45) is 0 Å². The normalized spacial score (nSPS) is 13.2. The van der Waals surface area contributed by atoms with E-state index < -0.39 is 10.8 Å². The number of hydrogen-bond acceptors (Lipinski definition) is 5. The summed E-state index contributed by atoms with van der Waals surface area (Å²) in [5.41, 5.74) is 1.55. The van der Waals surface area contributed by atoms with Crippen LogP contribution < -0.4 is 10.1 Å². The summed E-state index contributed by atoms with van der Waals surface area (Å²) < 4.78 is 5.60. The average molecular weight is 397 g/mol. The number of nitrogens with one attached hydrogen (secondary N) is 1. The van der Waals surface area contributed by atoms with Crippen molar-refractivity contribution < 1.29 is 19.2 Å². The van der Waals surface area contributed by atoms with E-state index in [0.717, 1.165) is 31.5 Å². The predicted octanol–water partition coefficient (Wildman–Crippen LogP) is 2.30. The number of likely N-dealkylation sites (tertiary alicyclic amines) is 1. The molecule has 1 saturated heterocycles. The van der Waals surface area contributed by atoms with Crippen LogP contribution in [-0.2, 0) is 16.0 Å². The summed E-state index contributed by atoms with van der Waals surface area (Å²) in [5.74, 6) is -0.113. The first-order valence-electron chi connectivity index (χ1n) is 9.51. The maximum atomic E-state index is 12.1. The SMILES string of the molecule is O=C(COc1ccc([N+](=O)[O-])cc1Cc1ccccc1)NCC(=O)N1CCCC1. The highest BCUT2D eigenvalue weighted by Gasteiger charge is 2.18. The van der Waals surface area contributed by atoms with Crippen LogP contribution in [0.25, 0.3) is 0 Å². The van der Waals surface area contributed by atoms with Gasteiger partial charge in [0.2, 0.25) is 5.91 Å². The van der Waals surface area contributed by atoms with E-state index in [2.05, 4.69) is 5.32 Å². The van der Waals surface area contributed by atoms with Crippen molar-refractivity contribution in [1.29, 1.82) is 0 Å². The number of carbonyl (C=O) groups is 2. The molecule has 1 aliphatic rings. The van der Waals surface area contributed by atoms with E-state index in [1.807, 2.05) is 30.3 Å². The molecule has 0 saturated carbocycles. The maximum absolute atomic E-state index is 12.1. The van der Waals surface area contributed by atoms with Crippen LogP contribution in [0.2, 0.25) is 0 Å². The highest BCUT2D eigenvalue weighted by molar-refractivity contribution is 5.85. The van der Waals surface area contributed by atoms with E-state index in [0.29, 0.717) is 17.7 Å². The second-order valence-electron chi connectivity index (χ2n) is 6.86. The van der Waals surface area contributed by atoms with Crippen molar-refractivity contribution in [3.8, 4) is 5.75 Å². The molecule has 3 rings (SSSR count). The molecule has 152 valence electrons. The highest BCUT2D eigenvalue weighted by atomic mass is 16.6. The van der Waals surface area contributed by atoms with E-state index >= 15 is 0 Å². The van der Waals surface area contributed by atoms with E-state index in [-0.39, 0.29) is 24.7 Å². The van der Waals surface area contributed by atoms with Gasteiger partial charge < -0.3 is 15.0 Å². The van der Waals surface area contributed by atoms with Crippen LogP contribution in [-0.4, -0.2) is 47.9 Å². The first-order valence-corrected chi connectivity index (χ1v) is 9.51. The zero-order valence-electron chi connectivity index (χ0n) is 16.0. The molecule has 1 aliphatic heterocycles. The molecule has 29 heavy (non-hydrogen) atoms. The smallest absolute Gasteiger partial charge is 0.269 e. The third-order valence-electron chi connectivity index (χ3n) is 4.75. The Labute approximate surface area is 168 Å². The molecule has 1 heterocycles. The van der Waals surface area contributed by atoms with Gasteiger partial charge in [-0.1, -0.05) is 30.3 Å². The predicted molar refractivity (Wildman–Crippen MR) is 107 cm³/mol. The number of rotatable bonds is 8. The van der Waals surface area contributed by atoms with Crippen molar-refractivity contribution in [3.05, 3.63) is 69.8 Å². The summed E-state index contributed by atoms with van der Waals surface area (Å²) in [6.07, 6.45) is 2.42. The minimum Gasteiger partial charge on any atom is -0.483 e. The summed E-state index contributed by atoms with van der Waals surface area (Å²) in [6, 6.07) is 13.8. The first-order chi connectivity index (χ1) is 14.0. The molecule has 8 nitrogen and oxygen atoms in total. The number of ether oxygens (including phenoxy) is 1. The molecule has 0 radical (unpaired) electrons. The largest absolute Gasteiger partial charge is 0.483 e. The molecule has 1 fully saturated rings. The summed E-state index contributed by atoms with van der Waals surface area (Å²) in [7, 11) is 0. The third kappa shape index (κ3) is 5.78. The van der Waals surface area contributed by atoms with E-state index in [9.17, 15) is 19.7 Å². The van der Waals surface area contributed by atoms with Gasteiger partial charge in [-0.15, -0.1) is 0 Å². The molecule has 0 aromatic heterocycles. The third-order valence-corrected chi connectivity index (χ3v) is 4.75. The van der Waals surface area contributed by atoms with Gasteiger partial charge in [0.15, 0.2) is 6.61 Å². The molecule has 1 N–H and O–H groups in total. The number of nitrogens with zero attached hydrogens (tertiary/aromatic N) is 2. The topological polar surface area (TPSA) is 102 Å². The lowest BCUT2D eigenvalue weighted by Crippen LogP contribution is -2.40. The minimum atomic E-state index is -0.463. The van der Waals surface area contributed by atoms with Crippen LogP contribution in [0.15, 0.2) is 48.5 Å². The Hall–Kier alpha value is -3.42. The van der Waals surface area contributed by atoms with Crippen LogP contribution >= 0.6 is 0 Å². The van der Waals surface area contributed by atoms with Crippen LogP contribution in [0.3, 0.4) is 0 Å². The van der Waals surface area contributed by atoms with Crippen molar-refractivity contribution in [2.45, 2.75) is 19.3 Å². The van der Waals surface area contributed by atoms with Crippen LogP contribution in [0.5, 0.6) is 5.75 Å². The van der Waals surface area contributed by atoms with Gasteiger partial charge in [-0.3, -0.25) is 19.7 Å². The van der Waals surface area contributed by atoms with Gasteiger partial charge in [-0.25, -0.2) is 0 Å². The second-order valence-corrected chi connectivity index (χ2v) is 6.86. The number of benzene rings is 2. The summed E-state index contributed by atoms with van der Waals surface area (Å²) in [4.78, 5) is 36.4. The Morgan fingerprint density at radius 2 is 1.83 bits per heavy atom. The van der Waals surface area contributed by atoms with E-state index in [1.165, 1.54) is 18.2 Å². The maximum Gasteiger partial charge on any atom is 0.269 e. The molecule has 0 unspecified atom stereocenters.